The van der Waals surface area contributed by atoms with Crippen molar-refractivity contribution in [3.05, 3.63) is 41.2 Å². The van der Waals surface area contributed by atoms with Crippen molar-refractivity contribution in [2.75, 3.05) is 19.7 Å². The van der Waals surface area contributed by atoms with Crippen LogP contribution in [0.4, 0.5) is 0 Å². The van der Waals surface area contributed by atoms with Gasteiger partial charge in [0.05, 0.1) is 24.6 Å². The molecule has 2 aromatic heterocycles. The lowest BCUT2D eigenvalue weighted by Crippen LogP contribution is -2.43. The Morgan fingerprint density at radius 3 is 2.89 bits per heavy atom. The van der Waals surface area contributed by atoms with Crippen molar-refractivity contribution in [3.8, 4) is 0 Å². The van der Waals surface area contributed by atoms with Gasteiger partial charge in [-0.2, -0.15) is 0 Å². The second kappa shape index (κ2) is 10.9. The summed E-state index contributed by atoms with van der Waals surface area (Å²) >= 11 is 0. The van der Waals surface area contributed by atoms with Crippen LogP contribution >= 0.6 is 0 Å². The quantitative estimate of drug-likeness (QED) is 0.507. The van der Waals surface area contributed by atoms with Crippen LogP contribution in [0.5, 0.6) is 0 Å². The van der Waals surface area contributed by atoms with Crippen molar-refractivity contribution in [2.24, 2.45) is 4.99 Å². The number of rotatable bonds is 9. The van der Waals surface area contributed by atoms with Gasteiger partial charge in [-0.1, -0.05) is 19.0 Å². The molecule has 0 spiro atoms. The summed E-state index contributed by atoms with van der Waals surface area (Å²) in [5.74, 6) is 2.67. The molecule has 0 saturated carbocycles. The van der Waals surface area contributed by atoms with Gasteiger partial charge in [0.1, 0.15) is 11.5 Å². The molecule has 1 saturated heterocycles. The van der Waals surface area contributed by atoms with Gasteiger partial charge in [-0.15, -0.1) is 0 Å². The lowest BCUT2D eigenvalue weighted by molar-refractivity contribution is 0.0194. The molecular formula is C21H32N4O3. The van der Waals surface area contributed by atoms with Gasteiger partial charge in [0.2, 0.25) is 0 Å². The molecule has 1 aliphatic heterocycles. The number of guanidine groups is 1. The molecule has 2 N–H and O–H groups in total. The first-order chi connectivity index (χ1) is 13.8. The molecule has 28 heavy (non-hydrogen) atoms. The van der Waals surface area contributed by atoms with E-state index in [4.69, 9.17) is 18.7 Å². The van der Waals surface area contributed by atoms with E-state index in [-0.39, 0.29) is 6.10 Å². The third kappa shape index (κ3) is 5.86. The Balaban J connectivity index is 1.61. The molecule has 1 atom stereocenters. The normalized spacial score (nSPS) is 17.6. The van der Waals surface area contributed by atoms with Crippen LogP contribution in [-0.4, -0.2) is 36.9 Å². The smallest absolute Gasteiger partial charge is 0.191 e. The highest BCUT2D eigenvalue weighted by Gasteiger charge is 2.16. The average Bonchev–Trinajstić information content (AvgIpc) is 3.39. The Morgan fingerprint density at radius 2 is 2.18 bits per heavy atom. The van der Waals surface area contributed by atoms with Gasteiger partial charge >= 0.3 is 0 Å². The lowest BCUT2D eigenvalue weighted by atomic mass is 10.1. The standard InChI is InChI=1S/C21H32N4O3/c1-3-19-18(20(4-2)28-25-19)15-24-21(22-11-10-16-9-7-13-26-16)23-14-17-8-5-6-12-27-17/h7,9,13,17H,3-6,8,10-12,14-15H2,1-2H3,(H2,22,23,24). The van der Waals surface area contributed by atoms with E-state index < -0.39 is 0 Å². The molecule has 0 aromatic carbocycles. The lowest BCUT2D eigenvalue weighted by Gasteiger charge is -2.23. The number of aliphatic imine (C=N–C) groups is 1. The molecule has 1 fully saturated rings. The first kappa shape index (κ1) is 20.5. The van der Waals surface area contributed by atoms with Crippen molar-refractivity contribution in [1.82, 2.24) is 15.8 Å². The van der Waals surface area contributed by atoms with E-state index in [1.165, 1.54) is 6.42 Å². The van der Waals surface area contributed by atoms with Crippen molar-refractivity contribution in [2.45, 2.75) is 65.0 Å². The van der Waals surface area contributed by atoms with E-state index in [0.717, 1.165) is 80.5 Å². The van der Waals surface area contributed by atoms with E-state index in [1.807, 2.05) is 12.1 Å². The Kier molecular flexibility index (Phi) is 7.96. The van der Waals surface area contributed by atoms with Crippen molar-refractivity contribution >= 4 is 5.96 Å². The molecule has 0 bridgehead atoms. The third-order valence-corrected chi connectivity index (χ3v) is 5.02. The molecule has 1 unspecified atom stereocenters. The molecule has 7 heteroatoms. The summed E-state index contributed by atoms with van der Waals surface area (Å²) < 4.78 is 16.7. The van der Waals surface area contributed by atoms with E-state index in [1.54, 1.807) is 6.26 Å². The number of aryl methyl sites for hydroxylation is 2. The second-order valence-corrected chi connectivity index (χ2v) is 7.03. The van der Waals surface area contributed by atoms with Gasteiger partial charge in [0, 0.05) is 38.1 Å². The van der Waals surface area contributed by atoms with E-state index in [2.05, 4.69) is 29.6 Å². The molecule has 154 valence electrons. The van der Waals surface area contributed by atoms with Crippen molar-refractivity contribution < 1.29 is 13.7 Å². The predicted molar refractivity (Wildman–Crippen MR) is 108 cm³/mol. The summed E-state index contributed by atoms with van der Waals surface area (Å²) in [5.41, 5.74) is 2.09. The molecule has 3 heterocycles. The number of nitrogens with one attached hydrogen (secondary N) is 2. The molecule has 0 aliphatic carbocycles. The third-order valence-electron chi connectivity index (χ3n) is 5.02. The zero-order chi connectivity index (χ0) is 19.6. The highest BCUT2D eigenvalue weighted by atomic mass is 16.5. The molecule has 0 radical (unpaired) electrons. The molecule has 0 amide bonds. The van der Waals surface area contributed by atoms with Crippen LogP contribution in [0.2, 0.25) is 0 Å². The van der Waals surface area contributed by atoms with Crippen LogP contribution in [0.15, 0.2) is 32.3 Å². The van der Waals surface area contributed by atoms with Crippen LogP contribution in [-0.2, 0) is 30.5 Å². The zero-order valence-corrected chi connectivity index (χ0v) is 17.0. The Bertz CT molecular complexity index is 697. The van der Waals surface area contributed by atoms with Crippen LogP contribution < -0.4 is 10.6 Å². The number of hydrogen-bond donors (Lipinski definition) is 2. The van der Waals surface area contributed by atoms with Crippen molar-refractivity contribution in [1.29, 1.82) is 0 Å². The summed E-state index contributed by atoms with van der Waals surface area (Å²) in [6, 6.07) is 3.90. The second-order valence-electron chi connectivity index (χ2n) is 7.03. The Hall–Kier alpha value is -2.28. The number of ether oxygens (including phenoxy) is 1. The molecule has 7 nitrogen and oxygen atoms in total. The summed E-state index contributed by atoms with van der Waals surface area (Å²) in [6.45, 7) is 7.08. The van der Waals surface area contributed by atoms with Gasteiger partial charge in [0.15, 0.2) is 5.96 Å². The minimum atomic E-state index is 0.249. The predicted octanol–water partition coefficient (Wildman–Crippen LogP) is 3.24. The van der Waals surface area contributed by atoms with Gasteiger partial charge in [-0.25, -0.2) is 4.99 Å². The number of aromatic nitrogens is 1. The first-order valence-electron chi connectivity index (χ1n) is 10.4. The maximum atomic E-state index is 5.83. The summed E-state index contributed by atoms with van der Waals surface area (Å²) in [5, 5.41) is 11.0. The fourth-order valence-corrected chi connectivity index (χ4v) is 3.39. The summed E-state index contributed by atoms with van der Waals surface area (Å²) in [7, 11) is 0. The minimum absolute atomic E-state index is 0.249. The maximum absolute atomic E-state index is 5.83. The Labute approximate surface area is 166 Å². The SMILES string of the molecule is CCc1noc(CC)c1CN=C(NCCc1ccco1)NCC1CCCCO1. The largest absolute Gasteiger partial charge is 0.469 e. The minimum Gasteiger partial charge on any atom is -0.469 e. The van der Waals surface area contributed by atoms with Gasteiger partial charge in [-0.3, -0.25) is 0 Å². The molecule has 3 rings (SSSR count). The van der Waals surface area contributed by atoms with Gasteiger partial charge < -0.3 is 24.3 Å². The van der Waals surface area contributed by atoms with Crippen LogP contribution in [0.1, 0.15) is 55.9 Å². The van der Waals surface area contributed by atoms with Gasteiger partial charge in [0.25, 0.3) is 0 Å². The number of furan rings is 1. The molecular weight excluding hydrogens is 356 g/mol. The zero-order valence-electron chi connectivity index (χ0n) is 17.0. The van der Waals surface area contributed by atoms with Crippen LogP contribution in [0.25, 0.3) is 0 Å². The first-order valence-corrected chi connectivity index (χ1v) is 10.4. The highest BCUT2D eigenvalue weighted by molar-refractivity contribution is 5.79. The maximum Gasteiger partial charge on any atom is 0.191 e. The van der Waals surface area contributed by atoms with E-state index in [9.17, 15) is 0 Å². The van der Waals surface area contributed by atoms with Crippen molar-refractivity contribution in [3.63, 3.8) is 0 Å². The summed E-state index contributed by atoms with van der Waals surface area (Å²) in [6.07, 6.45) is 7.91. The average molecular weight is 389 g/mol. The van der Waals surface area contributed by atoms with E-state index >= 15 is 0 Å². The number of hydrogen-bond acceptors (Lipinski definition) is 5. The highest BCUT2D eigenvalue weighted by Crippen LogP contribution is 2.17. The van der Waals surface area contributed by atoms with Crippen LogP contribution in [0, 0.1) is 0 Å². The van der Waals surface area contributed by atoms with Crippen LogP contribution in [0.3, 0.4) is 0 Å². The van der Waals surface area contributed by atoms with Gasteiger partial charge in [-0.05, 0) is 37.8 Å². The Morgan fingerprint density at radius 1 is 1.25 bits per heavy atom. The fraction of sp³-hybridized carbons (Fsp3) is 0.619. The molecule has 2 aromatic rings. The monoisotopic (exact) mass is 388 g/mol. The van der Waals surface area contributed by atoms with E-state index in [0.29, 0.717) is 6.54 Å². The fourth-order valence-electron chi connectivity index (χ4n) is 3.39. The number of nitrogens with zero attached hydrogens (tertiary/aromatic N) is 2. The molecule has 1 aliphatic rings. The summed E-state index contributed by atoms with van der Waals surface area (Å²) in [4.78, 5) is 4.79. The topological polar surface area (TPSA) is 84.8 Å².